The molecular formula is C21H23FN2O4. The summed E-state index contributed by atoms with van der Waals surface area (Å²) in [6.45, 7) is 1.61. The van der Waals surface area contributed by atoms with E-state index in [1.165, 1.54) is 12.1 Å². The Morgan fingerprint density at radius 1 is 0.929 bits per heavy atom. The van der Waals surface area contributed by atoms with Crippen LogP contribution in [0, 0.1) is 5.82 Å². The van der Waals surface area contributed by atoms with Crippen molar-refractivity contribution in [1.29, 1.82) is 0 Å². The van der Waals surface area contributed by atoms with Crippen LogP contribution in [-0.4, -0.2) is 62.0 Å². The highest BCUT2D eigenvalue weighted by Gasteiger charge is 2.26. The largest absolute Gasteiger partial charge is 0.493 e. The van der Waals surface area contributed by atoms with Crippen LogP contribution < -0.4 is 9.47 Å². The maximum absolute atomic E-state index is 13.8. The second kappa shape index (κ2) is 8.73. The number of ether oxygens (including phenoxy) is 2. The normalized spacial score (nSPS) is 14.0. The average molecular weight is 386 g/mol. The number of nitrogens with zero attached hydrogens (tertiary/aromatic N) is 2. The van der Waals surface area contributed by atoms with Crippen molar-refractivity contribution in [3.63, 3.8) is 0 Å². The monoisotopic (exact) mass is 386 g/mol. The number of carbonyl (C=O) groups excluding carboxylic acids is 2. The predicted molar refractivity (Wildman–Crippen MR) is 102 cm³/mol. The summed E-state index contributed by atoms with van der Waals surface area (Å²) in [6.07, 6.45) is 0.238. The van der Waals surface area contributed by atoms with E-state index >= 15 is 0 Å². The van der Waals surface area contributed by atoms with E-state index in [0.29, 0.717) is 37.7 Å². The molecule has 1 heterocycles. The second-order valence-electron chi connectivity index (χ2n) is 6.52. The Hall–Kier alpha value is -3.09. The fraction of sp³-hybridized carbons (Fsp3) is 0.333. The van der Waals surface area contributed by atoms with Gasteiger partial charge in [-0.1, -0.05) is 18.2 Å². The van der Waals surface area contributed by atoms with Crippen LogP contribution in [0.1, 0.15) is 15.9 Å². The van der Waals surface area contributed by atoms with Crippen molar-refractivity contribution in [2.45, 2.75) is 6.42 Å². The molecule has 1 aliphatic heterocycles. The summed E-state index contributed by atoms with van der Waals surface area (Å²) in [4.78, 5) is 28.4. The number of methoxy groups -OCH3 is 2. The van der Waals surface area contributed by atoms with E-state index in [2.05, 4.69) is 0 Å². The van der Waals surface area contributed by atoms with Crippen molar-refractivity contribution in [3.05, 3.63) is 59.4 Å². The molecule has 7 heteroatoms. The van der Waals surface area contributed by atoms with Gasteiger partial charge in [0.2, 0.25) is 5.91 Å². The third-order valence-corrected chi connectivity index (χ3v) is 4.83. The van der Waals surface area contributed by atoms with Crippen molar-refractivity contribution in [2.75, 3.05) is 40.4 Å². The van der Waals surface area contributed by atoms with Crippen LogP contribution in [0.2, 0.25) is 0 Å². The molecule has 2 aromatic rings. The van der Waals surface area contributed by atoms with Crippen LogP contribution in [0.4, 0.5) is 4.39 Å². The standard InChI is InChI=1S/C21H23FN2O4/c1-27-18-8-7-15(13-19(18)28-2)14-20(25)23-9-11-24(12-10-23)21(26)16-5-3-4-6-17(16)22/h3-8,13H,9-12,14H2,1-2H3. The summed E-state index contributed by atoms with van der Waals surface area (Å²) in [5.74, 6) is 0.293. The Bertz CT molecular complexity index is 863. The average Bonchev–Trinajstić information content (AvgIpc) is 2.73. The van der Waals surface area contributed by atoms with Crippen LogP contribution >= 0.6 is 0 Å². The highest BCUT2D eigenvalue weighted by Crippen LogP contribution is 2.28. The Labute approximate surface area is 163 Å². The van der Waals surface area contributed by atoms with Gasteiger partial charge in [-0.3, -0.25) is 9.59 Å². The SMILES string of the molecule is COc1ccc(CC(=O)N2CCN(C(=O)c3ccccc3F)CC2)cc1OC. The lowest BCUT2D eigenvalue weighted by Crippen LogP contribution is -2.51. The number of piperazine rings is 1. The summed E-state index contributed by atoms with van der Waals surface area (Å²) in [6, 6.07) is 11.3. The van der Waals surface area contributed by atoms with Crippen molar-refractivity contribution >= 4 is 11.8 Å². The third kappa shape index (κ3) is 4.24. The number of amides is 2. The molecule has 28 heavy (non-hydrogen) atoms. The van der Waals surface area contributed by atoms with Crippen molar-refractivity contribution in [1.82, 2.24) is 9.80 Å². The molecule has 0 bridgehead atoms. The van der Waals surface area contributed by atoms with Gasteiger partial charge in [-0.25, -0.2) is 4.39 Å². The van der Waals surface area contributed by atoms with E-state index in [1.54, 1.807) is 48.3 Å². The first-order valence-electron chi connectivity index (χ1n) is 9.06. The first-order valence-corrected chi connectivity index (χ1v) is 9.06. The van der Waals surface area contributed by atoms with Gasteiger partial charge in [0, 0.05) is 26.2 Å². The van der Waals surface area contributed by atoms with Gasteiger partial charge in [-0.05, 0) is 29.8 Å². The van der Waals surface area contributed by atoms with Crippen molar-refractivity contribution < 1.29 is 23.5 Å². The van der Waals surface area contributed by atoms with Crippen LogP contribution in [0.25, 0.3) is 0 Å². The van der Waals surface area contributed by atoms with Gasteiger partial charge < -0.3 is 19.3 Å². The highest BCUT2D eigenvalue weighted by molar-refractivity contribution is 5.94. The van der Waals surface area contributed by atoms with Gasteiger partial charge in [0.15, 0.2) is 11.5 Å². The first kappa shape index (κ1) is 19.7. The lowest BCUT2D eigenvalue weighted by atomic mass is 10.1. The molecule has 0 N–H and O–H groups in total. The van der Waals surface area contributed by atoms with E-state index in [0.717, 1.165) is 5.56 Å². The summed E-state index contributed by atoms with van der Waals surface area (Å²) in [7, 11) is 3.11. The molecule has 1 aliphatic rings. The molecule has 2 aromatic carbocycles. The zero-order chi connectivity index (χ0) is 20.1. The second-order valence-corrected chi connectivity index (χ2v) is 6.52. The Balaban J connectivity index is 1.58. The van der Waals surface area contributed by atoms with Gasteiger partial charge in [-0.15, -0.1) is 0 Å². The molecule has 148 valence electrons. The zero-order valence-corrected chi connectivity index (χ0v) is 16.0. The lowest BCUT2D eigenvalue weighted by Gasteiger charge is -2.35. The maximum Gasteiger partial charge on any atom is 0.256 e. The smallest absolute Gasteiger partial charge is 0.256 e. The van der Waals surface area contributed by atoms with E-state index in [9.17, 15) is 14.0 Å². The zero-order valence-electron chi connectivity index (χ0n) is 16.0. The van der Waals surface area contributed by atoms with Crippen LogP contribution in [0.15, 0.2) is 42.5 Å². The van der Waals surface area contributed by atoms with Crippen LogP contribution in [-0.2, 0) is 11.2 Å². The van der Waals surface area contributed by atoms with Crippen molar-refractivity contribution in [2.24, 2.45) is 0 Å². The van der Waals surface area contributed by atoms with Crippen LogP contribution in [0.5, 0.6) is 11.5 Å². The fourth-order valence-electron chi connectivity index (χ4n) is 3.24. The summed E-state index contributed by atoms with van der Waals surface area (Å²) < 4.78 is 24.3. The molecule has 0 unspecified atom stereocenters. The van der Waals surface area contributed by atoms with E-state index < -0.39 is 5.82 Å². The van der Waals surface area contributed by atoms with Gasteiger partial charge in [0.25, 0.3) is 5.91 Å². The molecule has 2 amide bonds. The molecule has 0 saturated carbocycles. The van der Waals surface area contributed by atoms with E-state index in [-0.39, 0.29) is 23.8 Å². The van der Waals surface area contributed by atoms with E-state index in [4.69, 9.17) is 9.47 Å². The number of hydrogen-bond donors (Lipinski definition) is 0. The van der Waals surface area contributed by atoms with Gasteiger partial charge >= 0.3 is 0 Å². The number of rotatable bonds is 5. The Morgan fingerprint density at radius 2 is 1.57 bits per heavy atom. The fourth-order valence-corrected chi connectivity index (χ4v) is 3.24. The summed E-state index contributed by atoms with van der Waals surface area (Å²) in [5, 5.41) is 0. The Kier molecular flexibility index (Phi) is 6.13. The molecule has 0 spiro atoms. The summed E-state index contributed by atoms with van der Waals surface area (Å²) in [5.41, 5.74) is 0.889. The molecule has 6 nitrogen and oxygen atoms in total. The van der Waals surface area contributed by atoms with Gasteiger partial charge in [0.1, 0.15) is 5.82 Å². The minimum atomic E-state index is -0.528. The van der Waals surface area contributed by atoms with Crippen LogP contribution in [0.3, 0.4) is 0 Å². The maximum atomic E-state index is 13.8. The molecule has 0 radical (unpaired) electrons. The number of hydrogen-bond acceptors (Lipinski definition) is 4. The number of halogens is 1. The quantitative estimate of drug-likeness (QED) is 0.792. The predicted octanol–water partition coefficient (Wildman–Crippen LogP) is 2.37. The highest BCUT2D eigenvalue weighted by atomic mass is 19.1. The molecule has 1 saturated heterocycles. The molecule has 1 fully saturated rings. The topological polar surface area (TPSA) is 59.1 Å². The minimum absolute atomic E-state index is 0.0230. The molecule has 0 atom stereocenters. The number of benzene rings is 2. The van der Waals surface area contributed by atoms with Crippen molar-refractivity contribution in [3.8, 4) is 11.5 Å². The third-order valence-electron chi connectivity index (χ3n) is 4.83. The molecule has 0 aromatic heterocycles. The van der Waals surface area contributed by atoms with E-state index in [1.807, 2.05) is 6.07 Å². The first-order chi connectivity index (χ1) is 13.5. The Morgan fingerprint density at radius 3 is 2.21 bits per heavy atom. The molecular weight excluding hydrogens is 363 g/mol. The van der Waals surface area contributed by atoms with Gasteiger partial charge in [0.05, 0.1) is 26.2 Å². The minimum Gasteiger partial charge on any atom is -0.493 e. The number of carbonyl (C=O) groups is 2. The van der Waals surface area contributed by atoms with Gasteiger partial charge in [-0.2, -0.15) is 0 Å². The molecule has 3 rings (SSSR count). The molecule has 0 aliphatic carbocycles. The lowest BCUT2D eigenvalue weighted by molar-refractivity contribution is -0.131. The summed E-state index contributed by atoms with van der Waals surface area (Å²) >= 11 is 0.